The molecule has 0 saturated heterocycles. The van der Waals surface area contributed by atoms with Gasteiger partial charge in [-0.05, 0) is 45.4 Å². The van der Waals surface area contributed by atoms with Crippen molar-refractivity contribution in [3.63, 3.8) is 0 Å². The number of hydrogen-bond donors (Lipinski definition) is 2. The highest BCUT2D eigenvalue weighted by molar-refractivity contribution is 5.91. The average Bonchev–Trinajstić information content (AvgIpc) is 3.38. The first-order valence-corrected chi connectivity index (χ1v) is 11.2. The standard InChI is InChI=1S/C23H30N8O4/c1-14(32)12-34-13-15-9-16(21-17(10-15)30(6)28-27-21)25-18-11-20(31-19(26-18)7-8-24-31)29(5)22(33)35-23(2,3)4/h7-11,14,32H,12-13H2,1-6H3,(H,25,26)/t14-/m1/s1. The zero-order valence-electron chi connectivity index (χ0n) is 20.7. The molecule has 2 N–H and O–H groups in total. The largest absolute Gasteiger partial charge is 0.443 e. The third kappa shape index (κ3) is 5.49. The number of nitrogens with one attached hydrogen (secondary N) is 1. The number of fused-ring (bicyclic) bond motifs is 2. The van der Waals surface area contributed by atoms with Gasteiger partial charge in [0.2, 0.25) is 0 Å². The van der Waals surface area contributed by atoms with E-state index in [1.807, 2.05) is 40.0 Å². The van der Waals surface area contributed by atoms with Crippen LogP contribution in [0, 0.1) is 0 Å². The van der Waals surface area contributed by atoms with E-state index in [0.717, 1.165) is 11.1 Å². The van der Waals surface area contributed by atoms with Gasteiger partial charge in [-0.3, -0.25) is 4.90 Å². The van der Waals surface area contributed by atoms with Crippen LogP contribution in [-0.4, -0.2) is 66.2 Å². The molecule has 4 aromatic rings. The third-order valence-electron chi connectivity index (χ3n) is 5.02. The van der Waals surface area contributed by atoms with Gasteiger partial charge < -0.3 is 19.9 Å². The summed E-state index contributed by atoms with van der Waals surface area (Å²) < 4.78 is 14.4. The molecule has 1 aromatic carbocycles. The average molecular weight is 483 g/mol. The number of anilines is 3. The van der Waals surface area contributed by atoms with Gasteiger partial charge in [0.05, 0.1) is 36.7 Å². The Kier molecular flexibility index (Phi) is 6.59. The van der Waals surface area contributed by atoms with Crippen molar-refractivity contribution < 1.29 is 19.4 Å². The highest BCUT2D eigenvalue weighted by atomic mass is 16.6. The number of hydrogen-bond acceptors (Lipinski definition) is 9. The first-order chi connectivity index (χ1) is 16.5. The van der Waals surface area contributed by atoms with Crippen molar-refractivity contribution in [1.29, 1.82) is 0 Å². The number of aliphatic hydroxyl groups excluding tert-OH is 1. The maximum absolute atomic E-state index is 12.7. The van der Waals surface area contributed by atoms with Gasteiger partial charge in [-0.2, -0.15) is 9.61 Å². The van der Waals surface area contributed by atoms with Crippen LogP contribution in [0.15, 0.2) is 30.5 Å². The molecule has 0 bridgehead atoms. The molecule has 186 valence electrons. The predicted octanol–water partition coefficient (Wildman–Crippen LogP) is 3.02. The number of benzene rings is 1. The van der Waals surface area contributed by atoms with E-state index < -0.39 is 17.8 Å². The lowest BCUT2D eigenvalue weighted by Crippen LogP contribution is -2.35. The Labute approximate surface area is 202 Å². The highest BCUT2D eigenvalue weighted by Gasteiger charge is 2.23. The summed E-state index contributed by atoms with van der Waals surface area (Å²) in [4.78, 5) is 18.7. The molecule has 0 aliphatic rings. The lowest BCUT2D eigenvalue weighted by molar-refractivity contribution is 0.0376. The van der Waals surface area contributed by atoms with Gasteiger partial charge in [0, 0.05) is 26.2 Å². The van der Waals surface area contributed by atoms with Crippen LogP contribution in [0.5, 0.6) is 0 Å². The molecule has 4 rings (SSSR count). The summed E-state index contributed by atoms with van der Waals surface area (Å²) in [7, 11) is 3.43. The monoisotopic (exact) mass is 482 g/mol. The Bertz CT molecular complexity index is 1360. The minimum Gasteiger partial charge on any atom is -0.443 e. The lowest BCUT2D eigenvalue weighted by Gasteiger charge is -2.25. The Morgan fingerprint density at radius 2 is 2.06 bits per heavy atom. The van der Waals surface area contributed by atoms with Crippen molar-refractivity contribution in [2.24, 2.45) is 7.05 Å². The van der Waals surface area contributed by atoms with E-state index in [-0.39, 0.29) is 6.61 Å². The summed E-state index contributed by atoms with van der Waals surface area (Å²) in [5, 5.41) is 25.5. The van der Waals surface area contributed by atoms with E-state index in [1.54, 1.807) is 41.5 Å². The number of aromatic nitrogens is 6. The molecule has 0 aliphatic carbocycles. The van der Waals surface area contributed by atoms with Gasteiger partial charge in [0.15, 0.2) is 5.65 Å². The van der Waals surface area contributed by atoms with E-state index in [0.29, 0.717) is 35.1 Å². The lowest BCUT2D eigenvalue weighted by atomic mass is 10.1. The van der Waals surface area contributed by atoms with Gasteiger partial charge in [0.25, 0.3) is 0 Å². The number of nitrogens with zero attached hydrogens (tertiary/aromatic N) is 7. The Balaban J connectivity index is 1.70. The minimum absolute atomic E-state index is 0.226. The van der Waals surface area contributed by atoms with Crippen LogP contribution in [-0.2, 0) is 23.1 Å². The van der Waals surface area contributed by atoms with Crippen molar-refractivity contribution in [1.82, 2.24) is 29.6 Å². The third-order valence-corrected chi connectivity index (χ3v) is 5.02. The molecule has 12 heteroatoms. The van der Waals surface area contributed by atoms with Crippen LogP contribution in [0.1, 0.15) is 33.3 Å². The molecule has 3 heterocycles. The number of aryl methyl sites for hydroxylation is 1. The molecule has 0 fully saturated rings. The van der Waals surface area contributed by atoms with Gasteiger partial charge in [0.1, 0.15) is 22.8 Å². The second-order valence-electron chi connectivity index (χ2n) is 9.35. The predicted molar refractivity (Wildman–Crippen MR) is 131 cm³/mol. The first-order valence-electron chi connectivity index (χ1n) is 11.2. The number of carbonyl (C=O) groups is 1. The maximum atomic E-state index is 12.7. The molecule has 0 aliphatic heterocycles. The quantitative estimate of drug-likeness (QED) is 0.408. The molecule has 0 saturated carbocycles. The zero-order chi connectivity index (χ0) is 25.3. The van der Waals surface area contributed by atoms with Crippen LogP contribution >= 0.6 is 0 Å². The summed E-state index contributed by atoms with van der Waals surface area (Å²) in [6.45, 7) is 7.64. The molecule has 35 heavy (non-hydrogen) atoms. The maximum Gasteiger partial charge on any atom is 0.415 e. The zero-order valence-corrected chi connectivity index (χ0v) is 20.7. The van der Waals surface area contributed by atoms with E-state index in [2.05, 4.69) is 25.7 Å². The fourth-order valence-electron chi connectivity index (χ4n) is 3.48. The topological polar surface area (TPSA) is 132 Å². The molecule has 0 spiro atoms. The minimum atomic E-state index is -0.642. The summed E-state index contributed by atoms with van der Waals surface area (Å²) in [6, 6.07) is 7.30. The smallest absolute Gasteiger partial charge is 0.415 e. The van der Waals surface area contributed by atoms with E-state index >= 15 is 0 Å². The van der Waals surface area contributed by atoms with Crippen LogP contribution < -0.4 is 10.2 Å². The number of rotatable bonds is 7. The molecule has 0 unspecified atom stereocenters. The second kappa shape index (κ2) is 9.47. The van der Waals surface area contributed by atoms with Crippen LogP contribution in [0.3, 0.4) is 0 Å². The number of amides is 1. The van der Waals surface area contributed by atoms with Gasteiger partial charge in [-0.25, -0.2) is 14.5 Å². The van der Waals surface area contributed by atoms with Gasteiger partial charge >= 0.3 is 6.09 Å². The molecular weight excluding hydrogens is 452 g/mol. The second-order valence-corrected chi connectivity index (χ2v) is 9.35. The number of carbonyl (C=O) groups excluding carboxylic acids is 1. The normalized spacial score (nSPS) is 12.8. The summed E-state index contributed by atoms with van der Waals surface area (Å²) >= 11 is 0. The van der Waals surface area contributed by atoms with Gasteiger partial charge in [-0.1, -0.05) is 5.21 Å². The van der Waals surface area contributed by atoms with Crippen molar-refractivity contribution in [2.45, 2.75) is 46.0 Å². The van der Waals surface area contributed by atoms with Crippen LogP contribution in [0.2, 0.25) is 0 Å². The summed E-state index contributed by atoms with van der Waals surface area (Å²) in [5.74, 6) is 0.959. The summed E-state index contributed by atoms with van der Waals surface area (Å²) in [5.41, 5.74) is 2.92. The fourth-order valence-corrected chi connectivity index (χ4v) is 3.48. The highest BCUT2D eigenvalue weighted by Crippen LogP contribution is 2.29. The fraction of sp³-hybridized carbons (Fsp3) is 0.435. The van der Waals surface area contributed by atoms with Gasteiger partial charge in [-0.15, -0.1) is 5.10 Å². The van der Waals surface area contributed by atoms with Crippen LogP contribution in [0.25, 0.3) is 16.7 Å². The first kappa shape index (κ1) is 24.4. The number of aliphatic hydroxyl groups is 1. The van der Waals surface area contributed by atoms with Crippen molar-refractivity contribution in [3.05, 3.63) is 36.0 Å². The van der Waals surface area contributed by atoms with Crippen molar-refractivity contribution in [2.75, 3.05) is 23.9 Å². The Hall–Kier alpha value is -3.77. The van der Waals surface area contributed by atoms with E-state index in [4.69, 9.17) is 9.47 Å². The van der Waals surface area contributed by atoms with E-state index in [9.17, 15) is 9.90 Å². The summed E-state index contributed by atoms with van der Waals surface area (Å²) in [6.07, 6.45) is 0.543. The number of ether oxygens (including phenoxy) is 2. The SMILES string of the molecule is C[C@@H](O)COCc1cc(Nc2cc(N(C)C(=O)OC(C)(C)C)n3nccc3n2)c2nnn(C)c2c1. The van der Waals surface area contributed by atoms with Crippen molar-refractivity contribution in [3.8, 4) is 0 Å². The molecular formula is C23H30N8O4. The molecule has 1 atom stereocenters. The van der Waals surface area contributed by atoms with E-state index in [1.165, 1.54) is 4.90 Å². The Morgan fingerprint density at radius 1 is 1.29 bits per heavy atom. The molecule has 1 amide bonds. The molecule has 0 radical (unpaired) electrons. The molecule has 12 nitrogen and oxygen atoms in total. The Morgan fingerprint density at radius 3 is 2.77 bits per heavy atom. The molecule has 3 aromatic heterocycles. The van der Waals surface area contributed by atoms with Crippen LogP contribution in [0.4, 0.5) is 22.1 Å². The van der Waals surface area contributed by atoms with Crippen molar-refractivity contribution >= 4 is 40.1 Å².